The minimum atomic E-state index is -0.258. The lowest BCUT2D eigenvalue weighted by molar-refractivity contribution is -0.139. The second kappa shape index (κ2) is 6.14. The number of carbonyl (C=O) groups is 2. The zero-order valence-corrected chi connectivity index (χ0v) is 11.4. The Morgan fingerprint density at radius 3 is 2.72 bits per heavy atom. The van der Waals surface area contributed by atoms with Crippen LogP contribution in [-0.4, -0.2) is 18.9 Å². The van der Waals surface area contributed by atoms with E-state index in [0.717, 1.165) is 9.75 Å². The van der Waals surface area contributed by atoms with Gasteiger partial charge in [-0.3, -0.25) is 9.59 Å². The number of ketones is 1. The van der Waals surface area contributed by atoms with Gasteiger partial charge >= 0.3 is 5.97 Å². The van der Waals surface area contributed by atoms with Crippen LogP contribution in [0.5, 0.6) is 0 Å². The molecule has 1 fully saturated rings. The van der Waals surface area contributed by atoms with Crippen LogP contribution in [-0.2, 0) is 16.0 Å². The van der Waals surface area contributed by atoms with Gasteiger partial charge in [0.25, 0.3) is 0 Å². The van der Waals surface area contributed by atoms with Gasteiger partial charge in [-0.05, 0) is 18.1 Å². The van der Waals surface area contributed by atoms with Crippen molar-refractivity contribution in [2.75, 3.05) is 7.11 Å². The summed E-state index contributed by atoms with van der Waals surface area (Å²) in [6.45, 7) is 0. The number of ether oxygens (including phenoxy) is 1. The van der Waals surface area contributed by atoms with Crippen molar-refractivity contribution in [1.29, 1.82) is 0 Å². The first-order valence-corrected chi connectivity index (χ1v) is 7.19. The molecule has 1 heterocycles. The summed E-state index contributed by atoms with van der Waals surface area (Å²) in [7, 11) is 1.38. The second-order valence-electron chi connectivity index (χ2n) is 4.80. The van der Waals surface area contributed by atoms with Gasteiger partial charge in [-0.1, -0.05) is 25.7 Å². The van der Waals surface area contributed by atoms with Crippen LogP contribution in [0.4, 0.5) is 0 Å². The molecule has 0 saturated heterocycles. The van der Waals surface area contributed by atoms with E-state index in [2.05, 4.69) is 4.74 Å². The third kappa shape index (κ3) is 3.42. The standard InChI is InChI=1S/C14H18O3S/c1-17-14(16)9-11-6-7-13(18-11)12(15)8-10-4-2-3-5-10/h6-7,10H,2-5,8-9H2,1H3. The number of carbonyl (C=O) groups excluding carboxylic acids is 2. The molecule has 1 aromatic rings. The highest BCUT2D eigenvalue weighted by Gasteiger charge is 2.20. The lowest BCUT2D eigenvalue weighted by atomic mass is 10.0. The average molecular weight is 266 g/mol. The normalized spacial score (nSPS) is 15.8. The van der Waals surface area contributed by atoms with Crippen molar-refractivity contribution in [3.63, 3.8) is 0 Å². The predicted molar refractivity (Wildman–Crippen MR) is 70.9 cm³/mol. The fraction of sp³-hybridized carbons (Fsp3) is 0.571. The van der Waals surface area contributed by atoms with Gasteiger partial charge in [-0.15, -0.1) is 11.3 Å². The molecule has 1 aromatic heterocycles. The Hall–Kier alpha value is -1.16. The van der Waals surface area contributed by atoms with Gasteiger partial charge in [0.05, 0.1) is 18.4 Å². The van der Waals surface area contributed by atoms with Crippen LogP contribution in [0.1, 0.15) is 46.7 Å². The summed E-state index contributed by atoms with van der Waals surface area (Å²) >= 11 is 1.42. The van der Waals surface area contributed by atoms with Crippen LogP contribution in [0.2, 0.25) is 0 Å². The van der Waals surface area contributed by atoms with Crippen molar-refractivity contribution in [2.24, 2.45) is 5.92 Å². The first kappa shape index (κ1) is 13.3. The summed E-state index contributed by atoms with van der Waals surface area (Å²) in [4.78, 5) is 24.9. The monoisotopic (exact) mass is 266 g/mol. The maximum absolute atomic E-state index is 12.1. The summed E-state index contributed by atoms with van der Waals surface area (Å²) in [6.07, 6.45) is 5.82. The van der Waals surface area contributed by atoms with Crippen LogP contribution in [0, 0.1) is 5.92 Å². The number of methoxy groups -OCH3 is 1. The Balaban J connectivity index is 1.92. The van der Waals surface area contributed by atoms with E-state index in [0.29, 0.717) is 12.3 Å². The van der Waals surface area contributed by atoms with Gasteiger partial charge in [0, 0.05) is 11.3 Å². The molecule has 0 N–H and O–H groups in total. The molecule has 0 aliphatic heterocycles. The first-order chi connectivity index (χ1) is 8.69. The van der Waals surface area contributed by atoms with E-state index in [1.807, 2.05) is 12.1 Å². The Labute approximate surface area is 111 Å². The van der Waals surface area contributed by atoms with E-state index in [9.17, 15) is 9.59 Å². The summed E-state index contributed by atoms with van der Waals surface area (Å²) in [5.41, 5.74) is 0. The van der Waals surface area contributed by atoms with E-state index in [4.69, 9.17) is 0 Å². The summed E-state index contributed by atoms with van der Waals surface area (Å²) < 4.78 is 4.61. The van der Waals surface area contributed by atoms with Gasteiger partial charge in [0.15, 0.2) is 5.78 Å². The molecule has 0 atom stereocenters. The highest BCUT2D eigenvalue weighted by Crippen LogP contribution is 2.30. The quantitative estimate of drug-likeness (QED) is 0.607. The lowest BCUT2D eigenvalue weighted by Crippen LogP contribution is -2.04. The number of hydrogen-bond donors (Lipinski definition) is 0. The SMILES string of the molecule is COC(=O)Cc1ccc(C(=O)CC2CCCC2)s1. The van der Waals surface area contributed by atoms with E-state index >= 15 is 0 Å². The number of thiophene rings is 1. The molecule has 3 nitrogen and oxygen atoms in total. The molecule has 4 heteroatoms. The van der Waals surface area contributed by atoms with E-state index in [1.54, 1.807) is 0 Å². The largest absolute Gasteiger partial charge is 0.469 e. The van der Waals surface area contributed by atoms with Crippen LogP contribution < -0.4 is 0 Å². The van der Waals surface area contributed by atoms with Crippen LogP contribution in [0.3, 0.4) is 0 Å². The molecule has 1 aliphatic rings. The maximum atomic E-state index is 12.1. The summed E-state index contributed by atoms with van der Waals surface area (Å²) in [5.74, 6) is 0.540. The van der Waals surface area contributed by atoms with Gasteiger partial charge in [0.2, 0.25) is 0 Å². The smallest absolute Gasteiger partial charge is 0.310 e. The third-order valence-electron chi connectivity index (χ3n) is 3.43. The number of Topliss-reactive ketones (excluding diaryl/α,β-unsaturated/α-hetero) is 1. The highest BCUT2D eigenvalue weighted by atomic mass is 32.1. The van der Waals surface area contributed by atoms with E-state index < -0.39 is 0 Å². The van der Waals surface area contributed by atoms with Gasteiger partial charge < -0.3 is 4.74 Å². The zero-order chi connectivity index (χ0) is 13.0. The van der Waals surface area contributed by atoms with E-state index in [1.165, 1.54) is 44.1 Å². The number of rotatable bonds is 5. The average Bonchev–Trinajstić information content (AvgIpc) is 3.00. The second-order valence-corrected chi connectivity index (χ2v) is 5.96. The Morgan fingerprint density at radius 2 is 2.06 bits per heavy atom. The Morgan fingerprint density at radius 1 is 1.33 bits per heavy atom. The van der Waals surface area contributed by atoms with Gasteiger partial charge in [-0.2, -0.15) is 0 Å². The molecule has 18 heavy (non-hydrogen) atoms. The third-order valence-corrected chi connectivity index (χ3v) is 4.56. The predicted octanol–water partition coefficient (Wildman–Crippen LogP) is 3.23. The molecule has 2 rings (SSSR count). The van der Waals surface area contributed by atoms with Crippen molar-refractivity contribution < 1.29 is 14.3 Å². The summed E-state index contributed by atoms with van der Waals surface area (Å²) in [6, 6.07) is 3.68. The molecule has 0 spiro atoms. The van der Waals surface area contributed by atoms with Gasteiger partial charge in [-0.25, -0.2) is 0 Å². The van der Waals surface area contributed by atoms with Crippen LogP contribution in [0.15, 0.2) is 12.1 Å². The topological polar surface area (TPSA) is 43.4 Å². The molecule has 1 saturated carbocycles. The van der Waals surface area contributed by atoms with Crippen molar-refractivity contribution in [3.8, 4) is 0 Å². The molecule has 0 bridgehead atoms. The highest BCUT2D eigenvalue weighted by molar-refractivity contribution is 7.14. The molecular formula is C14H18O3S. The lowest BCUT2D eigenvalue weighted by Gasteiger charge is -2.05. The Bertz CT molecular complexity index is 430. The number of esters is 1. The molecular weight excluding hydrogens is 248 g/mol. The van der Waals surface area contributed by atoms with Crippen molar-refractivity contribution in [1.82, 2.24) is 0 Å². The number of hydrogen-bond acceptors (Lipinski definition) is 4. The Kier molecular flexibility index (Phi) is 4.53. The molecule has 1 aliphatic carbocycles. The summed E-state index contributed by atoms with van der Waals surface area (Å²) in [5, 5.41) is 0. The first-order valence-electron chi connectivity index (χ1n) is 6.37. The van der Waals surface area contributed by atoms with Crippen LogP contribution >= 0.6 is 11.3 Å². The minimum absolute atomic E-state index is 0.225. The molecule has 0 radical (unpaired) electrons. The molecule has 0 amide bonds. The van der Waals surface area contributed by atoms with Crippen LogP contribution in [0.25, 0.3) is 0 Å². The minimum Gasteiger partial charge on any atom is -0.469 e. The maximum Gasteiger partial charge on any atom is 0.310 e. The van der Waals surface area contributed by atoms with Gasteiger partial charge in [0.1, 0.15) is 0 Å². The van der Waals surface area contributed by atoms with Crippen molar-refractivity contribution in [3.05, 3.63) is 21.9 Å². The van der Waals surface area contributed by atoms with Crippen molar-refractivity contribution >= 4 is 23.1 Å². The fourth-order valence-electron chi connectivity index (χ4n) is 2.41. The van der Waals surface area contributed by atoms with E-state index in [-0.39, 0.29) is 18.2 Å². The van der Waals surface area contributed by atoms with Crippen molar-refractivity contribution in [2.45, 2.75) is 38.5 Å². The molecule has 98 valence electrons. The zero-order valence-electron chi connectivity index (χ0n) is 10.6. The molecule has 0 aromatic carbocycles. The molecule has 0 unspecified atom stereocenters. The fourth-order valence-corrected chi connectivity index (χ4v) is 3.36.